The molecule has 4 heteroatoms. The standard InChI is InChI=1S/C16H21ClN2O/c1-11(9-12-3-4-12)19-15-6-5-13(20-2)10-14(15)18-16(19)7-8-17/h5-6,10-12H,3-4,7-9H2,1-2H3. The maximum atomic E-state index is 5.94. The van der Waals surface area contributed by atoms with E-state index in [1.54, 1.807) is 7.11 Å². The van der Waals surface area contributed by atoms with Gasteiger partial charge in [0.25, 0.3) is 0 Å². The number of aryl methyl sites for hydroxylation is 1. The summed E-state index contributed by atoms with van der Waals surface area (Å²) in [5, 5.41) is 0. The van der Waals surface area contributed by atoms with Gasteiger partial charge in [-0.2, -0.15) is 0 Å². The Balaban J connectivity index is 2.02. The zero-order chi connectivity index (χ0) is 14.1. The van der Waals surface area contributed by atoms with Crippen molar-refractivity contribution in [1.82, 2.24) is 9.55 Å². The van der Waals surface area contributed by atoms with Gasteiger partial charge in [-0.25, -0.2) is 4.98 Å². The van der Waals surface area contributed by atoms with Gasteiger partial charge in [0, 0.05) is 24.4 Å². The fourth-order valence-electron chi connectivity index (χ4n) is 2.95. The van der Waals surface area contributed by atoms with Gasteiger partial charge in [-0.1, -0.05) is 12.8 Å². The highest BCUT2D eigenvalue weighted by Gasteiger charge is 2.26. The molecule has 0 amide bonds. The predicted molar refractivity (Wildman–Crippen MR) is 82.8 cm³/mol. The van der Waals surface area contributed by atoms with Crippen molar-refractivity contribution >= 4 is 22.6 Å². The number of methoxy groups -OCH3 is 1. The highest BCUT2D eigenvalue weighted by atomic mass is 35.5. The summed E-state index contributed by atoms with van der Waals surface area (Å²) in [7, 11) is 1.69. The Kier molecular flexibility index (Phi) is 3.88. The number of halogens is 1. The average molecular weight is 293 g/mol. The van der Waals surface area contributed by atoms with Crippen molar-refractivity contribution in [2.75, 3.05) is 13.0 Å². The number of nitrogens with zero attached hydrogens (tertiary/aromatic N) is 2. The lowest BCUT2D eigenvalue weighted by Crippen LogP contribution is -2.10. The molecule has 0 radical (unpaired) electrons. The van der Waals surface area contributed by atoms with Crippen molar-refractivity contribution in [1.29, 1.82) is 0 Å². The molecular formula is C16H21ClN2O. The van der Waals surface area contributed by atoms with Gasteiger partial charge in [0.05, 0.1) is 18.1 Å². The average Bonchev–Trinajstić information content (AvgIpc) is 3.17. The van der Waals surface area contributed by atoms with Crippen molar-refractivity contribution in [2.45, 2.75) is 38.6 Å². The Morgan fingerprint density at radius 3 is 2.90 bits per heavy atom. The fourth-order valence-corrected chi connectivity index (χ4v) is 3.12. The van der Waals surface area contributed by atoms with Crippen molar-refractivity contribution in [3.05, 3.63) is 24.0 Å². The Hall–Kier alpha value is -1.22. The van der Waals surface area contributed by atoms with E-state index in [2.05, 4.69) is 17.6 Å². The molecule has 20 heavy (non-hydrogen) atoms. The first-order valence-electron chi connectivity index (χ1n) is 7.33. The molecule has 3 nitrogen and oxygen atoms in total. The number of imidazole rings is 1. The van der Waals surface area contributed by atoms with Gasteiger partial charge in [0.2, 0.25) is 0 Å². The molecule has 2 aromatic rings. The summed E-state index contributed by atoms with van der Waals surface area (Å²) < 4.78 is 7.66. The molecule has 0 saturated heterocycles. The molecule has 1 aromatic carbocycles. The van der Waals surface area contributed by atoms with Crippen LogP contribution in [0.5, 0.6) is 5.75 Å². The van der Waals surface area contributed by atoms with E-state index in [9.17, 15) is 0 Å². The van der Waals surface area contributed by atoms with E-state index in [0.29, 0.717) is 11.9 Å². The zero-order valence-electron chi connectivity index (χ0n) is 12.1. The minimum Gasteiger partial charge on any atom is -0.497 e. The van der Waals surface area contributed by atoms with E-state index in [1.807, 2.05) is 12.1 Å². The van der Waals surface area contributed by atoms with E-state index < -0.39 is 0 Å². The second-order valence-corrected chi connectivity index (χ2v) is 6.10. The second kappa shape index (κ2) is 5.65. The van der Waals surface area contributed by atoms with Crippen molar-refractivity contribution in [2.24, 2.45) is 5.92 Å². The van der Waals surface area contributed by atoms with Crippen LogP contribution < -0.4 is 4.74 Å². The number of fused-ring (bicyclic) bond motifs is 1. The Bertz CT molecular complexity index is 604. The summed E-state index contributed by atoms with van der Waals surface area (Å²) in [6.45, 7) is 2.29. The number of rotatable bonds is 6. The normalized spacial score (nSPS) is 16.6. The van der Waals surface area contributed by atoms with Gasteiger partial charge in [-0.05, 0) is 31.4 Å². The van der Waals surface area contributed by atoms with E-state index in [4.69, 9.17) is 21.3 Å². The molecule has 1 atom stereocenters. The lowest BCUT2D eigenvalue weighted by atomic mass is 10.1. The van der Waals surface area contributed by atoms with Crippen molar-refractivity contribution < 1.29 is 4.74 Å². The van der Waals surface area contributed by atoms with Crippen LogP contribution in [0.25, 0.3) is 11.0 Å². The van der Waals surface area contributed by atoms with Crippen LogP contribution in [0.15, 0.2) is 18.2 Å². The number of benzene rings is 1. The first-order chi connectivity index (χ1) is 9.72. The van der Waals surface area contributed by atoms with Crippen LogP contribution >= 0.6 is 11.6 Å². The van der Waals surface area contributed by atoms with Crippen LogP contribution in [0.1, 0.15) is 38.1 Å². The Morgan fingerprint density at radius 2 is 2.25 bits per heavy atom. The Labute approximate surface area is 124 Å². The maximum Gasteiger partial charge on any atom is 0.121 e. The molecule has 1 saturated carbocycles. The molecule has 3 rings (SSSR count). The van der Waals surface area contributed by atoms with Crippen LogP contribution in [0.3, 0.4) is 0 Å². The monoisotopic (exact) mass is 292 g/mol. The molecule has 1 aromatic heterocycles. The quantitative estimate of drug-likeness (QED) is 0.747. The number of hydrogen-bond donors (Lipinski definition) is 0. The van der Waals surface area contributed by atoms with Crippen molar-refractivity contribution in [3.8, 4) is 5.75 Å². The summed E-state index contributed by atoms with van der Waals surface area (Å²) in [6.07, 6.45) is 4.82. The molecule has 108 valence electrons. The van der Waals surface area contributed by atoms with Gasteiger partial charge >= 0.3 is 0 Å². The molecule has 0 bridgehead atoms. The Morgan fingerprint density at radius 1 is 1.45 bits per heavy atom. The second-order valence-electron chi connectivity index (χ2n) is 5.72. The van der Waals surface area contributed by atoms with Gasteiger partial charge in [0.15, 0.2) is 0 Å². The molecular weight excluding hydrogens is 272 g/mol. The van der Waals surface area contributed by atoms with Crippen LogP contribution in [0, 0.1) is 5.92 Å². The SMILES string of the molecule is COc1ccc2c(c1)nc(CCCl)n2C(C)CC1CC1. The highest BCUT2D eigenvalue weighted by Crippen LogP contribution is 2.38. The first-order valence-corrected chi connectivity index (χ1v) is 7.87. The third-order valence-electron chi connectivity index (χ3n) is 4.10. The summed E-state index contributed by atoms with van der Waals surface area (Å²) in [5.74, 6) is 3.46. The van der Waals surface area contributed by atoms with Crippen LogP contribution in [0.2, 0.25) is 0 Å². The number of ether oxygens (including phenoxy) is 1. The third-order valence-corrected chi connectivity index (χ3v) is 4.29. The van der Waals surface area contributed by atoms with Crippen LogP contribution in [-0.4, -0.2) is 22.5 Å². The van der Waals surface area contributed by atoms with E-state index >= 15 is 0 Å². The number of aromatic nitrogens is 2. The lowest BCUT2D eigenvalue weighted by molar-refractivity contribution is 0.415. The lowest BCUT2D eigenvalue weighted by Gasteiger charge is -2.17. The number of alkyl halides is 1. The van der Waals surface area contributed by atoms with Gasteiger partial charge < -0.3 is 9.30 Å². The van der Waals surface area contributed by atoms with E-state index in [0.717, 1.165) is 29.4 Å². The summed E-state index contributed by atoms with van der Waals surface area (Å²) in [5.41, 5.74) is 2.20. The molecule has 1 aliphatic rings. The molecule has 1 unspecified atom stereocenters. The van der Waals surface area contributed by atoms with Gasteiger partial charge in [0.1, 0.15) is 11.6 Å². The molecule has 0 N–H and O–H groups in total. The van der Waals surface area contributed by atoms with Crippen molar-refractivity contribution in [3.63, 3.8) is 0 Å². The first kappa shape index (κ1) is 13.7. The topological polar surface area (TPSA) is 27.1 Å². The summed E-state index contributed by atoms with van der Waals surface area (Å²) >= 11 is 5.94. The predicted octanol–water partition coefficient (Wildman–Crippen LogP) is 4.19. The smallest absolute Gasteiger partial charge is 0.121 e. The maximum absolute atomic E-state index is 5.94. The largest absolute Gasteiger partial charge is 0.497 e. The minimum atomic E-state index is 0.485. The third kappa shape index (κ3) is 2.64. The summed E-state index contributed by atoms with van der Waals surface area (Å²) in [6, 6.07) is 6.61. The van der Waals surface area contributed by atoms with E-state index in [1.165, 1.54) is 24.8 Å². The number of hydrogen-bond acceptors (Lipinski definition) is 2. The fraction of sp³-hybridized carbons (Fsp3) is 0.562. The molecule has 0 spiro atoms. The van der Waals surface area contributed by atoms with Gasteiger partial charge in [-0.3, -0.25) is 0 Å². The minimum absolute atomic E-state index is 0.485. The highest BCUT2D eigenvalue weighted by molar-refractivity contribution is 6.17. The van der Waals surface area contributed by atoms with Gasteiger partial charge in [-0.15, -0.1) is 11.6 Å². The molecule has 1 aliphatic carbocycles. The molecule has 0 aliphatic heterocycles. The van der Waals surface area contributed by atoms with Crippen LogP contribution in [0.4, 0.5) is 0 Å². The molecule has 1 fully saturated rings. The summed E-state index contributed by atoms with van der Waals surface area (Å²) in [4.78, 5) is 4.76. The zero-order valence-corrected chi connectivity index (χ0v) is 12.9. The van der Waals surface area contributed by atoms with Crippen LogP contribution in [-0.2, 0) is 6.42 Å². The van der Waals surface area contributed by atoms with E-state index in [-0.39, 0.29) is 0 Å². The molecule has 1 heterocycles.